The molecule has 0 amide bonds. The van der Waals surface area contributed by atoms with E-state index < -0.39 is 100 Å². The maximum absolute atomic E-state index is 12.9. The summed E-state index contributed by atoms with van der Waals surface area (Å²) in [6, 6.07) is 17.1. The Morgan fingerprint density at radius 1 is 0.506 bits per heavy atom. The molecule has 0 saturated carbocycles. The van der Waals surface area contributed by atoms with Crippen molar-refractivity contribution in [2.75, 3.05) is 39.6 Å². The van der Waals surface area contributed by atoms with Crippen molar-refractivity contribution in [3.05, 3.63) is 84.1 Å². The third kappa shape index (κ3) is 18.0. The Bertz CT molecular complexity index is 2400. The SMILES string of the molecule is C=C(C)O[C@H]1[C@H](C(C)(C)C)O[C@H](COC(C)=O)[C@@]1(C)CO.CC(=O)O[C@]1(C)[C@@H](COC(=O)c2ccccc2)O[C@@H](C(C)(C)C)[C@@H]1OC(=O)c1ccccc1.CC(C)(C)[C@@H]1O[C@H](CO)[C@@](C)(CO)[C@H]1O.CC(C)(C)[C@@H]1O[C@H](CO)[C@@](C)(O)[C@H]1O. The molecule has 0 spiro atoms. The van der Waals surface area contributed by atoms with Crippen molar-refractivity contribution >= 4 is 23.9 Å². The van der Waals surface area contributed by atoms with Crippen molar-refractivity contribution in [1.29, 1.82) is 0 Å². The van der Waals surface area contributed by atoms with E-state index in [2.05, 4.69) is 27.4 Å². The number of hydrogen-bond donors (Lipinski definition) is 7. The molecule has 4 fully saturated rings. The van der Waals surface area contributed by atoms with Crippen LogP contribution in [0.2, 0.25) is 0 Å². The normalized spacial score (nSPS) is 33.2. The molecule has 20 nitrogen and oxygen atoms in total. The molecule has 0 unspecified atom stereocenters. The van der Waals surface area contributed by atoms with Crippen LogP contribution in [-0.4, -0.2) is 184 Å². The minimum absolute atomic E-state index is 0.106. The van der Waals surface area contributed by atoms with Crippen LogP contribution in [-0.2, 0) is 52.2 Å². The van der Waals surface area contributed by atoms with E-state index in [1.54, 1.807) is 81.4 Å². The van der Waals surface area contributed by atoms with Gasteiger partial charge in [0.1, 0.15) is 61.5 Å². The quantitative estimate of drug-likeness (QED) is 0.0600. The van der Waals surface area contributed by atoms with Crippen molar-refractivity contribution in [3.8, 4) is 0 Å². The van der Waals surface area contributed by atoms with E-state index in [-0.39, 0.29) is 80.2 Å². The van der Waals surface area contributed by atoms with Gasteiger partial charge in [-0.15, -0.1) is 0 Å². The van der Waals surface area contributed by atoms with Crippen LogP contribution in [0.3, 0.4) is 0 Å². The van der Waals surface area contributed by atoms with E-state index in [9.17, 15) is 49.8 Å². The van der Waals surface area contributed by atoms with Crippen LogP contribution >= 0.6 is 0 Å². The topological polar surface area (TPSA) is 293 Å². The van der Waals surface area contributed by atoms with Gasteiger partial charge in [0.25, 0.3) is 0 Å². The summed E-state index contributed by atoms with van der Waals surface area (Å²) < 4.78 is 51.5. The van der Waals surface area contributed by atoms with Gasteiger partial charge in [0.15, 0.2) is 11.7 Å². The van der Waals surface area contributed by atoms with Crippen LogP contribution in [0.1, 0.15) is 152 Å². The van der Waals surface area contributed by atoms with E-state index in [1.165, 1.54) is 20.8 Å². The van der Waals surface area contributed by atoms with Crippen molar-refractivity contribution in [2.24, 2.45) is 32.5 Å². The van der Waals surface area contributed by atoms with E-state index in [1.807, 2.05) is 69.2 Å². The van der Waals surface area contributed by atoms with E-state index in [0.29, 0.717) is 16.9 Å². The van der Waals surface area contributed by atoms with Crippen molar-refractivity contribution < 1.29 is 97.6 Å². The molecule has 472 valence electrons. The Labute approximate surface area is 492 Å². The fourth-order valence-corrected chi connectivity index (χ4v) is 10.4. The Balaban J connectivity index is 0.000000311. The lowest BCUT2D eigenvalue weighted by Crippen LogP contribution is -2.53. The van der Waals surface area contributed by atoms with Crippen LogP contribution in [0.25, 0.3) is 0 Å². The van der Waals surface area contributed by atoms with E-state index in [4.69, 9.17) is 47.7 Å². The van der Waals surface area contributed by atoms with Crippen molar-refractivity contribution in [2.45, 2.75) is 216 Å². The summed E-state index contributed by atoms with van der Waals surface area (Å²) in [6.45, 7) is 37.8. The molecule has 0 aliphatic carbocycles. The fraction of sp³-hybridized carbons (Fsp3) is 0.714. The van der Waals surface area contributed by atoms with Crippen LogP contribution in [0.15, 0.2) is 73.0 Å². The van der Waals surface area contributed by atoms with Gasteiger partial charge >= 0.3 is 23.9 Å². The summed E-state index contributed by atoms with van der Waals surface area (Å²) >= 11 is 0. The Morgan fingerprint density at radius 2 is 0.904 bits per heavy atom. The average molecular weight is 1180 g/mol. The third-order valence-electron chi connectivity index (χ3n) is 15.8. The number of benzene rings is 2. The molecule has 83 heavy (non-hydrogen) atoms. The summed E-state index contributed by atoms with van der Waals surface area (Å²) in [5.74, 6) is -1.43. The Morgan fingerprint density at radius 3 is 1.28 bits per heavy atom. The summed E-state index contributed by atoms with van der Waals surface area (Å²) in [4.78, 5) is 48.5. The Hall–Kier alpha value is -4.58. The predicted octanol–water partition coefficient (Wildman–Crippen LogP) is 6.54. The first-order chi connectivity index (χ1) is 38.0. The number of rotatable bonds is 14. The zero-order chi connectivity index (χ0) is 63.6. The molecular weight excluding hydrogens is 1080 g/mol. The van der Waals surface area contributed by atoms with Gasteiger partial charge in [-0.25, -0.2) is 9.59 Å². The first-order valence-corrected chi connectivity index (χ1v) is 28.3. The van der Waals surface area contributed by atoms with Crippen LogP contribution in [0.5, 0.6) is 0 Å². The molecule has 6 rings (SSSR count). The molecule has 0 aromatic heterocycles. The van der Waals surface area contributed by atoms with E-state index >= 15 is 0 Å². The second kappa shape index (κ2) is 28.7. The number of ether oxygens (including phenoxy) is 9. The summed E-state index contributed by atoms with van der Waals surface area (Å²) in [6.07, 6.45) is -7.09. The number of carbonyl (C=O) groups is 4. The second-order valence-electron chi connectivity index (χ2n) is 27.4. The first-order valence-electron chi connectivity index (χ1n) is 28.3. The van der Waals surface area contributed by atoms with Gasteiger partial charge in [-0.3, -0.25) is 9.59 Å². The van der Waals surface area contributed by atoms with Crippen molar-refractivity contribution in [3.63, 3.8) is 0 Å². The van der Waals surface area contributed by atoms with Gasteiger partial charge in [-0.05, 0) is 66.7 Å². The van der Waals surface area contributed by atoms with Crippen LogP contribution in [0, 0.1) is 32.5 Å². The van der Waals surface area contributed by atoms with Gasteiger partial charge < -0.3 is 78.4 Å². The number of allylic oxidation sites excluding steroid dienone is 1. The zero-order valence-corrected chi connectivity index (χ0v) is 52.6. The highest BCUT2D eigenvalue weighted by atomic mass is 16.7. The summed E-state index contributed by atoms with van der Waals surface area (Å²) in [5, 5.41) is 67.4. The maximum atomic E-state index is 12.9. The average Bonchev–Trinajstić information content (AvgIpc) is 4.05. The highest BCUT2D eigenvalue weighted by Gasteiger charge is 2.62. The predicted molar refractivity (Wildman–Crippen MR) is 309 cm³/mol. The van der Waals surface area contributed by atoms with Gasteiger partial charge in [0.2, 0.25) is 0 Å². The number of carbonyl (C=O) groups excluding carboxylic acids is 4. The van der Waals surface area contributed by atoms with Crippen LogP contribution in [0.4, 0.5) is 0 Å². The minimum atomic E-state index is -1.37. The maximum Gasteiger partial charge on any atom is 0.338 e. The van der Waals surface area contributed by atoms with E-state index in [0.717, 1.165) is 0 Å². The standard InChI is InChI=1S/C26H30O7.C16H28O5.C11H22O4.C10H20O4/c1-17(27)33-26(5)20(16-30-23(28)18-12-8-6-9-13-18)31-21(25(2,3)4)22(26)32-24(29)19-14-10-7-11-15-19;1-10(2)20-14-13(15(4,5)6)21-12(8-19-11(3)18)16(14,7)9-17;1-10(2,3)9-8(14)11(4,6-13)7(5-12)15-9;1-9(2,3)8-7(12)10(4,13)6(5-11)14-8/h6-15,20-22H,16H2,1-5H3;12-14,17H,1,8-9H2,2-7H3;7-9,12-14H,5-6H2,1-4H3;6-8,11-13H,5H2,1-4H3/t20-,21-,22+,26-;12-,13-,14+,16-;7-,8+,9-,11-;6-,7+,8-,10-/m1111/s1. The van der Waals surface area contributed by atoms with Gasteiger partial charge in [-0.1, -0.05) is 140 Å². The molecular formula is C63H100O20. The monoisotopic (exact) mass is 1180 g/mol. The molecule has 4 aliphatic rings. The van der Waals surface area contributed by atoms with Gasteiger partial charge in [0, 0.05) is 19.3 Å². The number of aliphatic hydroxyl groups excluding tert-OH is 6. The van der Waals surface area contributed by atoms with Gasteiger partial charge in [0.05, 0.1) is 73.1 Å². The minimum Gasteiger partial charge on any atom is -0.492 e. The van der Waals surface area contributed by atoms with Crippen molar-refractivity contribution in [1.82, 2.24) is 0 Å². The highest BCUT2D eigenvalue weighted by molar-refractivity contribution is 5.90. The molecule has 2 aromatic rings. The Kier molecular flexibility index (Phi) is 25.2. The second-order valence-corrected chi connectivity index (χ2v) is 27.4. The fourth-order valence-electron chi connectivity index (χ4n) is 10.4. The largest absolute Gasteiger partial charge is 0.492 e. The molecule has 0 bridgehead atoms. The summed E-state index contributed by atoms with van der Waals surface area (Å²) in [5.41, 5.74) is -4.52. The first kappa shape index (κ1) is 72.7. The molecule has 16 atom stereocenters. The van der Waals surface area contributed by atoms with Gasteiger partial charge in [-0.2, -0.15) is 0 Å². The smallest absolute Gasteiger partial charge is 0.338 e. The summed E-state index contributed by atoms with van der Waals surface area (Å²) in [7, 11) is 0. The lowest BCUT2D eigenvalue weighted by atomic mass is 9.74. The lowest BCUT2D eigenvalue weighted by molar-refractivity contribution is -0.172. The zero-order valence-electron chi connectivity index (χ0n) is 52.6. The number of aliphatic hydroxyl groups is 7. The number of esters is 4. The molecule has 20 heteroatoms. The highest BCUT2D eigenvalue weighted by Crippen LogP contribution is 2.48. The molecule has 4 saturated heterocycles. The lowest BCUT2D eigenvalue weighted by Gasteiger charge is -2.36. The molecule has 2 aromatic carbocycles. The van der Waals surface area contributed by atoms with Crippen LogP contribution < -0.4 is 0 Å². The third-order valence-corrected chi connectivity index (χ3v) is 15.8. The molecule has 4 heterocycles. The molecule has 0 radical (unpaired) electrons. The molecule has 4 aliphatic heterocycles. The molecule has 7 N–H and O–H groups in total. The number of hydrogen-bond acceptors (Lipinski definition) is 20.